The summed E-state index contributed by atoms with van der Waals surface area (Å²) in [6.45, 7) is 4.56. The molecular formula is C14H22O3. The summed E-state index contributed by atoms with van der Waals surface area (Å²) in [7, 11) is 1.65. The van der Waals surface area contributed by atoms with E-state index in [0.29, 0.717) is 6.61 Å². The molecule has 3 heteroatoms. The first-order valence-electron chi connectivity index (χ1n) is 6.15. The third kappa shape index (κ3) is 4.27. The number of hydrogen-bond acceptors (Lipinski definition) is 3. The van der Waals surface area contributed by atoms with Gasteiger partial charge in [0.15, 0.2) is 11.5 Å². The number of rotatable bonds is 7. The van der Waals surface area contributed by atoms with Crippen LogP contribution in [-0.4, -0.2) is 24.9 Å². The first kappa shape index (κ1) is 13.8. The Hall–Kier alpha value is -1.22. The first-order chi connectivity index (χ1) is 8.19. The van der Waals surface area contributed by atoms with Crippen LogP contribution in [0.2, 0.25) is 0 Å². The highest BCUT2D eigenvalue weighted by molar-refractivity contribution is 5.46. The molecule has 0 aliphatic rings. The number of ether oxygens (including phenoxy) is 2. The van der Waals surface area contributed by atoms with Gasteiger partial charge in [-0.25, -0.2) is 0 Å². The van der Waals surface area contributed by atoms with Gasteiger partial charge in [-0.3, -0.25) is 0 Å². The maximum absolute atomic E-state index is 9.34. The van der Waals surface area contributed by atoms with E-state index in [1.54, 1.807) is 14.0 Å². The zero-order chi connectivity index (χ0) is 12.7. The minimum Gasteiger partial charge on any atom is -0.493 e. The van der Waals surface area contributed by atoms with Crippen LogP contribution in [0.25, 0.3) is 0 Å². The second kappa shape index (κ2) is 7.17. The van der Waals surface area contributed by atoms with Crippen LogP contribution < -0.4 is 9.47 Å². The van der Waals surface area contributed by atoms with Crippen molar-refractivity contribution in [2.24, 2.45) is 0 Å². The first-order valence-corrected chi connectivity index (χ1v) is 6.15. The molecule has 96 valence electrons. The van der Waals surface area contributed by atoms with Crippen molar-refractivity contribution in [2.75, 3.05) is 13.7 Å². The summed E-state index contributed by atoms with van der Waals surface area (Å²) >= 11 is 0. The Labute approximate surface area is 103 Å². The van der Waals surface area contributed by atoms with Crippen molar-refractivity contribution >= 4 is 0 Å². The summed E-state index contributed by atoms with van der Waals surface area (Å²) in [6, 6.07) is 5.88. The predicted octanol–water partition coefficient (Wildman–Crippen LogP) is 2.80. The fourth-order valence-corrected chi connectivity index (χ4v) is 1.65. The number of aryl methyl sites for hydroxylation is 1. The molecule has 0 aliphatic heterocycles. The minimum atomic E-state index is -0.291. The van der Waals surface area contributed by atoms with E-state index in [0.717, 1.165) is 36.3 Å². The Morgan fingerprint density at radius 1 is 1.35 bits per heavy atom. The molecule has 3 nitrogen and oxygen atoms in total. The molecule has 0 saturated carbocycles. The molecule has 0 amide bonds. The van der Waals surface area contributed by atoms with E-state index in [9.17, 15) is 5.11 Å². The molecule has 1 rings (SSSR count). The third-order valence-corrected chi connectivity index (χ3v) is 2.56. The second-order valence-electron chi connectivity index (χ2n) is 4.18. The van der Waals surface area contributed by atoms with Crippen molar-refractivity contribution in [1.82, 2.24) is 0 Å². The van der Waals surface area contributed by atoms with Crippen LogP contribution in [0.1, 0.15) is 32.3 Å². The van der Waals surface area contributed by atoms with Crippen molar-refractivity contribution in [3.05, 3.63) is 23.8 Å². The molecule has 0 saturated heterocycles. The van der Waals surface area contributed by atoms with Gasteiger partial charge in [-0.2, -0.15) is 0 Å². The van der Waals surface area contributed by atoms with Gasteiger partial charge in [-0.15, -0.1) is 0 Å². The van der Waals surface area contributed by atoms with Gasteiger partial charge in [-0.1, -0.05) is 19.1 Å². The topological polar surface area (TPSA) is 38.7 Å². The average molecular weight is 238 g/mol. The molecular weight excluding hydrogens is 216 g/mol. The molecule has 0 bridgehead atoms. The molecule has 0 spiro atoms. The van der Waals surface area contributed by atoms with Crippen molar-refractivity contribution in [3.63, 3.8) is 0 Å². The number of benzene rings is 1. The maximum Gasteiger partial charge on any atom is 0.164 e. The smallest absolute Gasteiger partial charge is 0.164 e. The Kier molecular flexibility index (Phi) is 5.84. The zero-order valence-electron chi connectivity index (χ0n) is 10.9. The normalized spacial score (nSPS) is 12.2. The van der Waals surface area contributed by atoms with Crippen LogP contribution in [-0.2, 0) is 6.42 Å². The molecule has 17 heavy (non-hydrogen) atoms. The monoisotopic (exact) mass is 238 g/mol. The molecule has 0 heterocycles. The third-order valence-electron chi connectivity index (χ3n) is 2.56. The summed E-state index contributed by atoms with van der Waals surface area (Å²) < 4.78 is 11.0. The van der Waals surface area contributed by atoms with E-state index in [2.05, 4.69) is 6.92 Å². The van der Waals surface area contributed by atoms with Crippen molar-refractivity contribution in [1.29, 1.82) is 0 Å². The Morgan fingerprint density at radius 2 is 2.12 bits per heavy atom. The zero-order valence-corrected chi connectivity index (χ0v) is 10.9. The van der Waals surface area contributed by atoms with Gasteiger partial charge in [0, 0.05) is 0 Å². The number of aliphatic hydroxyl groups excluding tert-OH is 1. The van der Waals surface area contributed by atoms with Crippen LogP contribution in [0.15, 0.2) is 18.2 Å². The van der Waals surface area contributed by atoms with Gasteiger partial charge in [0.25, 0.3) is 0 Å². The predicted molar refractivity (Wildman–Crippen MR) is 68.8 cm³/mol. The largest absolute Gasteiger partial charge is 0.493 e. The highest BCUT2D eigenvalue weighted by atomic mass is 16.5. The lowest BCUT2D eigenvalue weighted by atomic mass is 10.1. The number of methoxy groups -OCH3 is 1. The van der Waals surface area contributed by atoms with Crippen molar-refractivity contribution in [3.8, 4) is 11.5 Å². The number of aliphatic hydroxyl groups is 1. The van der Waals surface area contributed by atoms with E-state index in [4.69, 9.17) is 9.47 Å². The van der Waals surface area contributed by atoms with Gasteiger partial charge in [0.1, 0.15) is 0 Å². The molecule has 1 atom stereocenters. The van der Waals surface area contributed by atoms with Crippen LogP contribution >= 0.6 is 0 Å². The van der Waals surface area contributed by atoms with E-state index in [1.165, 1.54) is 0 Å². The molecule has 1 unspecified atom stereocenters. The number of para-hydroxylation sites is 1. The Morgan fingerprint density at radius 3 is 2.71 bits per heavy atom. The second-order valence-corrected chi connectivity index (χ2v) is 4.18. The Balaban J connectivity index is 2.85. The van der Waals surface area contributed by atoms with Gasteiger partial charge in [-0.05, 0) is 37.8 Å². The summed E-state index contributed by atoms with van der Waals surface area (Å²) in [6.07, 6.45) is 2.21. The molecule has 0 aromatic heterocycles. The van der Waals surface area contributed by atoms with Gasteiger partial charge < -0.3 is 14.6 Å². The molecule has 0 fully saturated rings. The quantitative estimate of drug-likeness (QED) is 0.794. The van der Waals surface area contributed by atoms with Crippen LogP contribution in [0, 0.1) is 0 Å². The van der Waals surface area contributed by atoms with Crippen molar-refractivity contribution in [2.45, 2.75) is 39.2 Å². The standard InChI is InChI=1S/C14H22O3/c1-4-10-17-14-12(9-8-11(2)15)6-5-7-13(14)16-3/h5-7,11,15H,4,8-10H2,1-3H3. The lowest BCUT2D eigenvalue weighted by Gasteiger charge is -2.15. The molecule has 1 N–H and O–H groups in total. The van der Waals surface area contributed by atoms with E-state index < -0.39 is 0 Å². The van der Waals surface area contributed by atoms with Crippen LogP contribution in [0.3, 0.4) is 0 Å². The SMILES string of the molecule is CCCOc1c(CCC(C)O)cccc1OC. The fourth-order valence-electron chi connectivity index (χ4n) is 1.65. The Bertz CT molecular complexity index is 334. The molecule has 1 aromatic carbocycles. The summed E-state index contributed by atoms with van der Waals surface area (Å²) in [5.74, 6) is 1.58. The van der Waals surface area contributed by atoms with Gasteiger partial charge in [0.2, 0.25) is 0 Å². The van der Waals surface area contributed by atoms with Crippen LogP contribution in [0.4, 0.5) is 0 Å². The summed E-state index contributed by atoms with van der Waals surface area (Å²) in [5, 5.41) is 9.34. The lowest BCUT2D eigenvalue weighted by molar-refractivity contribution is 0.184. The van der Waals surface area contributed by atoms with Crippen LogP contribution in [0.5, 0.6) is 11.5 Å². The average Bonchev–Trinajstić information content (AvgIpc) is 2.33. The molecule has 1 aromatic rings. The summed E-state index contributed by atoms with van der Waals surface area (Å²) in [5.41, 5.74) is 1.10. The highest BCUT2D eigenvalue weighted by Gasteiger charge is 2.10. The molecule has 0 aliphatic carbocycles. The number of hydrogen-bond donors (Lipinski definition) is 1. The summed E-state index contributed by atoms with van der Waals surface area (Å²) in [4.78, 5) is 0. The van der Waals surface area contributed by atoms with Crippen molar-refractivity contribution < 1.29 is 14.6 Å². The van der Waals surface area contributed by atoms with Gasteiger partial charge in [0.05, 0.1) is 19.8 Å². The van der Waals surface area contributed by atoms with E-state index in [1.807, 2.05) is 18.2 Å². The highest BCUT2D eigenvalue weighted by Crippen LogP contribution is 2.32. The van der Waals surface area contributed by atoms with Gasteiger partial charge >= 0.3 is 0 Å². The lowest BCUT2D eigenvalue weighted by Crippen LogP contribution is -2.05. The van der Waals surface area contributed by atoms with E-state index in [-0.39, 0.29) is 6.10 Å². The minimum absolute atomic E-state index is 0.291. The maximum atomic E-state index is 9.34. The fraction of sp³-hybridized carbons (Fsp3) is 0.571. The van der Waals surface area contributed by atoms with E-state index >= 15 is 0 Å². The molecule has 0 radical (unpaired) electrons.